The van der Waals surface area contributed by atoms with Crippen molar-refractivity contribution in [2.45, 2.75) is 13.0 Å². The summed E-state index contributed by atoms with van der Waals surface area (Å²) in [4.78, 5) is 22.9. The first-order chi connectivity index (χ1) is 12.6. The van der Waals surface area contributed by atoms with Gasteiger partial charge in [0.1, 0.15) is 5.82 Å². The number of ether oxygens (including phenoxy) is 1. The minimum absolute atomic E-state index is 0.180. The fourth-order valence-electron chi connectivity index (χ4n) is 2.89. The van der Waals surface area contributed by atoms with Crippen molar-refractivity contribution in [1.29, 1.82) is 0 Å². The average Bonchev–Trinajstić information content (AvgIpc) is 2.66. The van der Waals surface area contributed by atoms with Crippen LogP contribution in [0.25, 0.3) is 0 Å². The van der Waals surface area contributed by atoms with E-state index in [2.05, 4.69) is 20.2 Å². The zero-order chi connectivity index (χ0) is 18.5. The number of benzene rings is 1. The highest BCUT2D eigenvalue weighted by atomic mass is 19.2. The van der Waals surface area contributed by atoms with Crippen molar-refractivity contribution in [3.8, 4) is 0 Å². The maximum atomic E-state index is 13.8. The Morgan fingerprint density at radius 3 is 2.65 bits per heavy atom. The molecule has 0 aliphatic carbocycles. The summed E-state index contributed by atoms with van der Waals surface area (Å²) < 4.78 is 32.5. The number of hydrogen-bond acceptors (Lipinski definition) is 5. The number of nitrogens with one attached hydrogen (secondary N) is 1. The largest absolute Gasteiger partial charge is 0.379 e. The minimum atomic E-state index is -1.15. The summed E-state index contributed by atoms with van der Waals surface area (Å²) in [5.41, 5.74) is 0.531. The summed E-state index contributed by atoms with van der Waals surface area (Å²) in [6, 6.07) is 3.36. The molecule has 26 heavy (non-hydrogen) atoms. The number of carbonyl (C=O) groups is 1. The summed E-state index contributed by atoms with van der Waals surface area (Å²) >= 11 is 0. The highest BCUT2D eigenvalue weighted by molar-refractivity contribution is 5.94. The third-order valence-corrected chi connectivity index (χ3v) is 4.32. The van der Waals surface area contributed by atoms with Gasteiger partial charge < -0.3 is 10.1 Å². The van der Waals surface area contributed by atoms with Gasteiger partial charge in [-0.3, -0.25) is 9.69 Å². The van der Waals surface area contributed by atoms with Crippen molar-refractivity contribution < 1.29 is 18.3 Å². The van der Waals surface area contributed by atoms with Gasteiger partial charge in [0.15, 0.2) is 11.6 Å². The Labute approximate surface area is 150 Å². The Kier molecular flexibility index (Phi) is 5.85. The predicted molar refractivity (Wildman–Crippen MR) is 90.6 cm³/mol. The van der Waals surface area contributed by atoms with Crippen LogP contribution in [-0.4, -0.2) is 53.6 Å². The molecule has 0 spiro atoms. The summed E-state index contributed by atoms with van der Waals surface area (Å²) in [5.74, 6) is -2.20. The second-order valence-corrected chi connectivity index (χ2v) is 6.04. The summed E-state index contributed by atoms with van der Waals surface area (Å²) in [7, 11) is 0. The van der Waals surface area contributed by atoms with Crippen molar-refractivity contribution in [3.05, 3.63) is 59.2 Å². The number of carbonyl (C=O) groups excluding carboxylic acids is 1. The van der Waals surface area contributed by atoms with E-state index >= 15 is 0 Å². The number of aryl methyl sites for hydroxylation is 1. The maximum Gasteiger partial charge on any atom is 0.254 e. The average molecular weight is 362 g/mol. The van der Waals surface area contributed by atoms with E-state index in [0.717, 1.165) is 11.6 Å². The molecule has 1 aliphatic rings. The molecule has 0 bridgehead atoms. The number of morpholine rings is 1. The Balaban J connectivity index is 1.76. The number of nitrogens with zero attached hydrogens (tertiary/aromatic N) is 3. The van der Waals surface area contributed by atoms with E-state index in [-0.39, 0.29) is 18.2 Å². The minimum Gasteiger partial charge on any atom is -0.379 e. The molecule has 1 aromatic heterocycles. The molecule has 138 valence electrons. The van der Waals surface area contributed by atoms with Crippen molar-refractivity contribution in [2.75, 3.05) is 32.8 Å². The van der Waals surface area contributed by atoms with E-state index in [0.29, 0.717) is 32.1 Å². The Morgan fingerprint density at radius 1 is 1.27 bits per heavy atom. The molecular formula is C18H20F2N4O2. The zero-order valence-electron chi connectivity index (χ0n) is 14.4. The van der Waals surface area contributed by atoms with Gasteiger partial charge in [-0.15, -0.1) is 0 Å². The van der Waals surface area contributed by atoms with Gasteiger partial charge in [-0.2, -0.15) is 0 Å². The molecule has 0 radical (unpaired) electrons. The first-order valence-corrected chi connectivity index (χ1v) is 8.39. The molecule has 1 fully saturated rings. The normalized spacial score (nSPS) is 16.3. The van der Waals surface area contributed by atoms with Gasteiger partial charge >= 0.3 is 0 Å². The van der Waals surface area contributed by atoms with Crippen LogP contribution in [0.1, 0.15) is 27.8 Å². The van der Waals surface area contributed by atoms with Crippen molar-refractivity contribution in [2.24, 2.45) is 0 Å². The summed E-state index contributed by atoms with van der Waals surface area (Å²) in [6.07, 6.45) is 3.44. The number of amides is 1. The van der Waals surface area contributed by atoms with Crippen LogP contribution in [0.4, 0.5) is 8.78 Å². The lowest BCUT2D eigenvalue weighted by molar-refractivity contribution is 0.0160. The highest BCUT2D eigenvalue weighted by Gasteiger charge is 2.25. The summed E-state index contributed by atoms with van der Waals surface area (Å²) in [5, 5.41) is 2.69. The second-order valence-electron chi connectivity index (χ2n) is 6.04. The Hall–Kier alpha value is -2.45. The van der Waals surface area contributed by atoms with Crippen LogP contribution in [0.5, 0.6) is 0 Å². The SMILES string of the molecule is Cc1ncc(C(CNC(=O)c2cccc(F)c2F)N2CCOCC2)cn1. The predicted octanol–water partition coefficient (Wildman–Crippen LogP) is 1.87. The molecule has 6 nitrogen and oxygen atoms in total. The lowest BCUT2D eigenvalue weighted by Gasteiger charge is -2.34. The molecule has 1 N–H and O–H groups in total. The molecule has 3 rings (SSSR count). The van der Waals surface area contributed by atoms with Crippen molar-refractivity contribution in [3.63, 3.8) is 0 Å². The lowest BCUT2D eigenvalue weighted by Crippen LogP contribution is -2.44. The second kappa shape index (κ2) is 8.29. The van der Waals surface area contributed by atoms with Gasteiger partial charge in [-0.25, -0.2) is 18.7 Å². The zero-order valence-corrected chi connectivity index (χ0v) is 14.4. The lowest BCUT2D eigenvalue weighted by atomic mass is 10.1. The molecule has 1 saturated heterocycles. The molecule has 0 saturated carbocycles. The van der Waals surface area contributed by atoms with Crippen LogP contribution in [-0.2, 0) is 4.74 Å². The molecule has 1 atom stereocenters. The molecular weight excluding hydrogens is 342 g/mol. The van der Waals surface area contributed by atoms with Crippen LogP contribution in [0.15, 0.2) is 30.6 Å². The number of aromatic nitrogens is 2. The monoisotopic (exact) mass is 362 g/mol. The number of hydrogen-bond donors (Lipinski definition) is 1. The third-order valence-electron chi connectivity index (χ3n) is 4.32. The van der Waals surface area contributed by atoms with Gasteiger partial charge in [0.25, 0.3) is 5.91 Å². The Bertz CT molecular complexity index is 764. The molecule has 8 heteroatoms. The topological polar surface area (TPSA) is 67.4 Å². The molecule has 1 aromatic carbocycles. The van der Waals surface area contributed by atoms with Crippen molar-refractivity contribution in [1.82, 2.24) is 20.2 Å². The van der Waals surface area contributed by atoms with Gasteiger partial charge in [-0.1, -0.05) is 6.07 Å². The third kappa shape index (κ3) is 4.20. The molecule has 2 aromatic rings. The molecule has 1 unspecified atom stereocenters. The maximum absolute atomic E-state index is 13.8. The van der Waals surface area contributed by atoms with Gasteiger partial charge in [0.05, 0.1) is 24.8 Å². The van der Waals surface area contributed by atoms with E-state index < -0.39 is 17.5 Å². The fourth-order valence-corrected chi connectivity index (χ4v) is 2.89. The standard InChI is InChI=1S/C18H20F2N4O2/c1-12-21-9-13(10-22-12)16(24-5-7-26-8-6-24)11-23-18(25)14-3-2-4-15(19)17(14)20/h2-4,9-10,16H,5-8,11H2,1H3,(H,23,25). The van der Waals surface area contributed by atoms with Gasteiger partial charge in [-0.05, 0) is 19.1 Å². The fraction of sp³-hybridized carbons (Fsp3) is 0.389. The van der Waals surface area contributed by atoms with E-state index in [1.807, 2.05) is 0 Å². The Morgan fingerprint density at radius 2 is 1.96 bits per heavy atom. The molecule has 2 heterocycles. The van der Waals surface area contributed by atoms with E-state index in [4.69, 9.17) is 4.74 Å². The number of halogens is 2. The van der Waals surface area contributed by atoms with Crippen LogP contribution in [0, 0.1) is 18.6 Å². The smallest absolute Gasteiger partial charge is 0.254 e. The van der Waals surface area contributed by atoms with Crippen LogP contribution in [0.2, 0.25) is 0 Å². The first-order valence-electron chi connectivity index (χ1n) is 8.39. The number of rotatable bonds is 5. The van der Waals surface area contributed by atoms with E-state index in [1.54, 1.807) is 19.3 Å². The molecule has 1 aliphatic heterocycles. The first kappa shape index (κ1) is 18.3. The van der Waals surface area contributed by atoms with Gasteiger partial charge in [0, 0.05) is 37.6 Å². The van der Waals surface area contributed by atoms with Gasteiger partial charge in [0.2, 0.25) is 0 Å². The van der Waals surface area contributed by atoms with Crippen LogP contribution in [0.3, 0.4) is 0 Å². The summed E-state index contributed by atoms with van der Waals surface area (Å²) in [6.45, 7) is 4.60. The van der Waals surface area contributed by atoms with Crippen LogP contribution >= 0.6 is 0 Å². The van der Waals surface area contributed by atoms with E-state index in [9.17, 15) is 13.6 Å². The highest BCUT2D eigenvalue weighted by Crippen LogP contribution is 2.20. The van der Waals surface area contributed by atoms with E-state index in [1.165, 1.54) is 12.1 Å². The quantitative estimate of drug-likeness (QED) is 0.880. The van der Waals surface area contributed by atoms with Crippen LogP contribution < -0.4 is 5.32 Å². The van der Waals surface area contributed by atoms with Crippen molar-refractivity contribution >= 4 is 5.91 Å². The molecule has 1 amide bonds.